The topological polar surface area (TPSA) is 41.1 Å². The molecule has 2 aromatic carbocycles. The molecule has 148 valence electrons. The first kappa shape index (κ1) is 19.2. The zero-order chi connectivity index (χ0) is 20.2. The van der Waals surface area contributed by atoms with Crippen LogP contribution in [0.4, 0.5) is 4.39 Å². The first-order chi connectivity index (χ1) is 14.1. The number of H-pyrrole nitrogens is 1. The molecule has 4 rings (SSSR count). The monoisotopic (exact) mass is 389 g/mol. The van der Waals surface area contributed by atoms with Gasteiger partial charge in [-0.3, -0.25) is 9.88 Å². The van der Waals surface area contributed by atoms with Crippen LogP contribution in [0.3, 0.4) is 0 Å². The molecule has 2 heterocycles. The summed E-state index contributed by atoms with van der Waals surface area (Å²) < 4.78 is 19.7. The lowest BCUT2D eigenvalue weighted by Gasteiger charge is -2.22. The number of nitrogens with zero attached hydrogens (tertiary/aromatic N) is 2. The number of rotatable bonds is 7. The van der Waals surface area contributed by atoms with E-state index in [4.69, 9.17) is 4.74 Å². The minimum Gasteiger partial charge on any atom is -0.497 e. The van der Waals surface area contributed by atoms with Gasteiger partial charge >= 0.3 is 0 Å². The van der Waals surface area contributed by atoms with Crippen LogP contribution >= 0.6 is 0 Å². The third-order valence-corrected chi connectivity index (χ3v) is 5.23. The molecular formula is C24H24FN3O. The van der Waals surface area contributed by atoms with E-state index in [0.29, 0.717) is 25.2 Å². The fourth-order valence-electron chi connectivity index (χ4n) is 3.66. The number of halogens is 1. The van der Waals surface area contributed by atoms with Gasteiger partial charge in [0.15, 0.2) is 0 Å². The van der Waals surface area contributed by atoms with Crippen LogP contribution < -0.4 is 4.74 Å². The third kappa shape index (κ3) is 4.30. The minimum atomic E-state index is -0.179. The van der Waals surface area contributed by atoms with Gasteiger partial charge in [0.1, 0.15) is 11.6 Å². The number of methoxy groups -OCH3 is 1. The van der Waals surface area contributed by atoms with Crippen LogP contribution in [0.15, 0.2) is 67.0 Å². The maximum Gasteiger partial charge on any atom is 0.127 e. The molecule has 0 bridgehead atoms. The molecule has 0 saturated heterocycles. The zero-order valence-electron chi connectivity index (χ0n) is 16.7. The quantitative estimate of drug-likeness (QED) is 0.471. The van der Waals surface area contributed by atoms with E-state index in [1.165, 1.54) is 11.6 Å². The molecule has 0 radical (unpaired) electrons. The summed E-state index contributed by atoms with van der Waals surface area (Å²) in [4.78, 5) is 9.97. The highest BCUT2D eigenvalue weighted by Gasteiger charge is 2.15. The molecule has 2 aromatic heterocycles. The van der Waals surface area contributed by atoms with Gasteiger partial charge in [-0.2, -0.15) is 0 Å². The van der Waals surface area contributed by atoms with Crippen LogP contribution in [0.2, 0.25) is 0 Å². The van der Waals surface area contributed by atoms with E-state index in [-0.39, 0.29) is 5.82 Å². The largest absolute Gasteiger partial charge is 0.497 e. The van der Waals surface area contributed by atoms with Gasteiger partial charge in [-0.25, -0.2) is 4.39 Å². The number of aromatic nitrogens is 2. The Labute approximate surface area is 170 Å². The van der Waals surface area contributed by atoms with E-state index < -0.39 is 0 Å². The van der Waals surface area contributed by atoms with Gasteiger partial charge in [0.2, 0.25) is 0 Å². The van der Waals surface area contributed by atoms with Crippen molar-refractivity contribution in [1.82, 2.24) is 14.9 Å². The lowest BCUT2D eigenvalue weighted by atomic mass is 10.1. The highest BCUT2D eigenvalue weighted by Crippen LogP contribution is 2.27. The number of aromatic amines is 1. The van der Waals surface area contributed by atoms with Crippen molar-refractivity contribution in [3.05, 3.63) is 95.2 Å². The number of pyridine rings is 1. The summed E-state index contributed by atoms with van der Waals surface area (Å²) in [6.07, 6.45) is 3.62. The molecule has 0 unspecified atom stereocenters. The maximum absolute atomic E-state index is 14.3. The molecule has 0 aliphatic heterocycles. The van der Waals surface area contributed by atoms with Crippen LogP contribution in [-0.4, -0.2) is 22.0 Å². The van der Waals surface area contributed by atoms with Crippen molar-refractivity contribution in [3.8, 4) is 5.75 Å². The number of benzene rings is 2. The summed E-state index contributed by atoms with van der Waals surface area (Å²) in [5, 5.41) is 1.14. The molecule has 0 saturated carbocycles. The van der Waals surface area contributed by atoms with E-state index in [1.54, 1.807) is 19.4 Å². The van der Waals surface area contributed by atoms with E-state index in [2.05, 4.69) is 21.8 Å². The Balaban J connectivity index is 1.65. The Morgan fingerprint density at radius 3 is 2.66 bits per heavy atom. The van der Waals surface area contributed by atoms with E-state index >= 15 is 0 Å². The minimum absolute atomic E-state index is 0.179. The van der Waals surface area contributed by atoms with Gasteiger partial charge in [0, 0.05) is 54.2 Å². The number of aryl methyl sites for hydroxylation is 1. The average Bonchev–Trinajstić information content (AvgIpc) is 3.05. The second-order valence-corrected chi connectivity index (χ2v) is 7.24. The van der Waals surface area contributed by atoms with Gasteiger partial charge in [0.05, 0.1) is 7.11 Å². The highest BCUT2D eigenvalue weighted by molar-refractivity contribution is 5.85. The smallest absolute Gasteiger partial charge is 0.127 e. The molecule has 29 heavy (non-hydrogen) atoms. The molecule has 4 aromatic rings. The van der Waals surface area contributed by atoms with Crippen molar-refractivity contribution in [2.24, 2.45) is 0 Å². The lowest BCUT2D eigenvalue weighted by Crippen LogP contribution is -2.23. The first-order valence-electron chi connectivity index (χ1n) is 9.64. The van der Waals surface area contributed by atoms with Crippen molar-refractivity contribution < 1.29 is 9.13 Å². The molecule has 0 fully saturated rings. The maximum atomic E-state index is 14.3. The second-order valence-electron chi connectivity index (χ2n) is 7.24. The third-order valence-electron chi connectivity index (χ3n) is 5.23. The van der Waals surface area contributed by atoms with E-state index in [1.807, 2.05) is 48.7 Å². The summed E-state index contributed by atoms with van der Waals surface area (Å²) in [5.41, 5.74) is 5.16. The lowest BCUT2D eigenvalue weighted by molar-refractivity contribution is 0.241. The van der Waals surface area contributed by atoms with Crippen molar-refractivity contribution in [2.45, 2.75) is 26.6 Å². The first-order valence-corrected chi connectivity index (χ1v) is 9.64. The van der Waals surface area contributed by atoms with Gasteiger partial charge in [-0.15, -0.1) is 0 Å². The second kappa shape index (κ2) is 8.45. The summed E-state index contributed by atoms with van der Waals surface area (Å²) in [6.45, 7) is 3.98. The molecule has 1 N–H and O–H groups in total. The number of fused-ring (bicyclic) bond motifs is 1. The highest BCUT2D eigenvalue weighted by atomic mass is 19.1. The van der Waals surface area contributed by atoms with Crippen molar-refractivity contribution in [1.29, 1.82) is 0 Å². The molecule has 0 spiro atoms. The molecular weight excluding hydrogens is 365 g/mol. The van der Waals surface area contributed by atoms with Crippen LogP contribution in [-0.2, 0) is 19.6 Å². The summed E-state index contributed by atoms with van der Waals surface area (Å²) in [5.74, 6) is 0.659. The Morgan fingerprint density at radius 1 is 1.03 bits per heavy atom. The van der Waals surface area contributed by atoms with Gasteiger partial charge in [-0.1, -0.05) is 24.3 Å². The number of hydrogen-bond acceptors (Lipinski definition) is 3. The normalized spacial score (nSPS) is 11.3. The summed E-state index contributed by atoms with van der Waals surface area (Å²) >= 11 is 0. The number of nitrogens with one attached hydrogen (secondary N) is 1. The average molecular weight is 389 g/mol. The van der Waals surface area contributed by atoms with Crippen molar-refractivity contribution in [2.75, 3.05) is 7.11 Å². The molecule has 4 nitrogen and oxygen atoms in total. The Morgan fingerprint density at radius 2 is 1.90 bits per heavy atom. The van der Waals surface area contributed by atoms with Gasteiger partial charge in [-0.05, 0) is 48.4 Å². The Hall–Kier alpha value is -3.18. The molecule has 0 aliphatic carbocycles. The van der Waals surface area contributed by atoms with Gasteiger partial charge in [0.25, 0.3) is 0 Å². The molecule has 0 aliphatic rings. The van der Waals surface area contributed by atoms with Crippen molar-refractivity contribution in [3.63, 3.8) is 0 Å². The number of hydrogen-bond donors (Lipinski definition) is 1. The van der Waals surface area contributed by atoms with E-state index in [0.717, 1.165) is 27.9 Å². The Kier molecular flexibility index (Phi) is 5.58. The van der Waals surface area contributed by atoms with E-state index in [9.17, 15) is 4.39 Å². The van der Waals surface area contributed by atoms with Crippen LogP contribution in [0.5, 0.6) is 5.75 Å². The predicted octanol–water partition coefficient (Wildman–Crippen LogP) is 5.22. The van der Waals surface area contributed by atoms with Crippen molar-refractivity contribution >= 4 is 10.9 Å². The summed E-state index contributed by atoms with van der Waals surface area (Å²) in [7, 11) is 1.67. The van der Waals surface area contributed by atoms with Crippen LogP contribution in [0.1, 0.15) is 22.4 Å². The molecule has 0 amide bonds. The number of ether oxygens (including phenoxy) is 1. The standard InChI is InChI=1S/C24H24FN3O/c1-17-21-12-20(29-2)9-10-23(21)27-24(17)16-28(14-18-6-5-11-26-13-18)15-19-7-3-4-8-22(19)25/h3-13,27H,14-16H2,1-2H3. The predicted molar refractivity (Wildman–Crippen MR) is 113 cm³/mol. The molecule has 5 heteroatoms. The SMILES string of the molecule is COc1ccc2[nH]c(CN(Cc3cccnc3)Cc3ccccc3F)c(C)c2c1. The van der Waals surface area contributed by atoms with Crippen LogP contribution in [0.25, 0.3) is 10.9 Å². The Bertz CT molecular complexity index is 1110. The fourth-order valence-corrected chi connectivity index (χ4v) is 3.66. The van der Waals surface area contributed by atoms with Gasteiger partial charge < -0.3 is 9.72 Å². The van der Waals surface area contributed by atoms with Crippen LogP contribution in [0, 0.1) is 12.7 Å². The fraction of sp³-hybridized carbons (Fsp3) is 0.208. The summed E-state index contributed by atoms with van der Waals surface area (Å²) in [6, 6.07) is 17.0. The zero-order valence-corrected chi connectivity index (χ0v) is 16.7. The molecule has 0 atom stereocenters.